The van der Waals surface area contributed by atoms with Crippen LogP contribution in [0.5, 0.6) is 11.5 Å². The van der Waals surface area contributed by atoms with Gasteiger partial charge in [0.25, 0.3) is 0 Å². The molecule has 1 N–H and O–H groups in total. The van der Waals surface area contributed by atoms with Crippen molar-refractivity contribution in [1.82, 2.24) is 0 Å². The molecule has 0 bridgehead atoms. The quantitative estimate of drug-likeness (QED) is 0.927. The van der Waals surface area contributed by atoms with E-state index >= 15 is 0 Å². The van der Waals surface area contributed by atoms with Gasteiger partial charge in [-0.25, -0.2) is 0 Å². The Bertz CT molecular complexity index is 700. The van der Waals surface area contributed by atoms with Crippen molar-refractivity contribution < 1.29 is 9.53 Å². The number of rotatable bonds is 4. The maximum absolute atomic E-state index is 12.1. The summed E-state index contributed by atoms with van der Waals surface area (Å²) in [5, 5.41) is 11.9. The molecule has 0 radical (unpaired) electrons. The van der Waals surface area contributed by atoms with E-state index in [0.29, 0.717) is 30.0 Å². The number of nitrogens with zero attached hydrogens (tertiary/aromatic N) is 1. The van der Waals surface area contributed by atoms with Gasteiger partial charge in [-0.2, -0.15) is 5.26 Å². The van der Waals surface area contributed by atoms with Crippen LogP contribution in [0.3, 0.4) is 0 Å². The summed E-state index contributed by atoms with van der Waals surface area (Å²) in [6, 6.07) is 18.7. The topological polar surface area (TPSA) is 62.1 Å². The van der Waals surface area contributed by atoms with Crippen LogP contribution in [0.25, 0.3) is 0 Å². The van der Waals surface area contributed by atoms with Crippen molar-refractivity contribution in [3.8, 4) is 17.6 Å². The second-order valence-corrected chi connectivity index (χ2v) is 5.06. The van der Waals surface area contributed by atoms with Crippen LogP contribution in [0.1, 0.15) is 12.8 Å². The zero-order valence-electron chi connectivity index (χ0n) is 11.4. The fraction of sp³-hybridized carbons (Fsp3) is 0.176. The zero-order valence-corrected chi connectivity index (χ0v) is 11.4. The van der Waals surface area contributed by atoms with Crippen LogP contribution in [0.15, 0.2) is 54.6 Å². The molecule has 21 heavy (non-hydrogen) atoms. The number of hydrogen-bond acceptors (Lipinski definition) is 3. The monoisotopic (exact) mass is 278 g/mol. The SMILES string of the molecule is N#CC1(C(=O)Nc2ccccc2Oc2ccccc2)CC1. The average molecular weight is 278 g/mol. The second-order valence-electron chi connectivity index (χ2n) is 5.06. The van der Waals surface area contributed by atoms with Gasteiger partial charge in [0.1, 0.15) is 11.2 Å². The van der Waals surface area contributed by atoms with Gasteiger partial charge in [-0.3, -0.25) is 4.79 Å². The van der Waals surface area contributed by atoms with Crippen molar-refractivity contribution in [3.63, 3.8) is 0 Å². The van der Waals surface area contributed by atoms with Gasteiger partial charge in [-0.05, 0) is 37.1 Å². The lowest BCUT2D eigenvalue weighted by Crippen LogP contribution is -2.22. The highest BCUT2D eigenvalue weighted by atomic mass is 16.5. The number of benzene rings is 2. The zero-order chi connectivity index (χ0) is 14.7. The molecule has 104 valence electrons. The first-order valence-electron chi connectivity index (χ1n) is 6.78. The van der Waals surface area contributed by atoms with Crippen molar-refractivity contribution in [2.45, 2.75) is 12.8 Å². The molecule has 2 aromatic rings. The second kappa shape index (κ2) is 5.29. The van der Waals surface area contributed by atoms with E-state index in [1.165, 1.54) is 0 Å². The van der Waals surface area contributed by atoms with Gasteiger partial charge in [0.15, 0.2) is 5.75 Å². The molecule has 0 spiro atoms. The predicted molar refractivity (Wildman–Crippen MR) is 78.9 cm³/mol. The van der Waals surface area contributed by atoms with Crippen molar-refractivity contribution in [1.29, 1.82) is 5.26 Å². The highest BCUT2D eigenvalue weighted by Crippen LogP contribution is 2.46. The number of anilines is 1. The smallest absolute Gasteiger partial charge is 0.244 e. The Morgan fingerprint density at radius 2 is 1.76 bits per heavy atom. The fourth-order valence-corrected chi connectivity index (χ4v) is 2.03. The Kier molecular flexibility index (Phi) is 3.33. The first kappa shape index (κ1) is 13.2. The Hall–Kier alpha value is -2.80. The van der Waals surface area contributed by atoms with Crippen molar-refractivity contribution >= 4 is 11.6 Å². The van der Waals surface area contributed by atoms with Gasteiger partial charge >= 0.3 is 0 Å². The minimum absolute atomic E-state index is 0.255. The molecule has 4 nitrogen and oxygen atoms in total. The molecule has 3 rings (SSSR count). The lowest BCUT2D eigenvalue weighted by atomic mass is 10.1. The van der Waals surface area contributed by atoms with Gasteiger partial charge in [0, 0.05) is 0 Å². The molecule has 0 atom stereocenters. The van der Waals surface area contributed by atoms with Gasteiger partial charge in [-0.15, -0.1) is 0 Å². The standard InChI is InChI=1S/C17H14N2O2/c18-12-17(10-11-17)16(20)19-14-8-4-5-9-15(14)21-13-6-2-1-3-7-13/h1-9H,10-11H2,(H,19,20). The maximum atomic E-state index is 12.1. The summed E-state index contributed by atoms with van der Waals surface area (Å²) in [7, 11) is 0. The molecule has 0 saturated heterocycles. The number of hydrogen-bond donors (Lipinski definition) is 1. The van der Waals surface area contributed by atoms with Crippen LogP contribution >= 0.6 is 0 Å². The Balaban J connectivity index is 1.80. The number of carbonyl (C=O) groups is 1. The third-order valence-corrected chi connectivity index (χ3v) is 3.50. The number of nitrogens with one attached hydrogen (secondary N) is 1. The Morgan fingerprint density at radius 1 is 1.10 bits per heavy atom. The average Bonchev–Trinajstić information content (AvgIpc) is 3.31. The van der Waals surface area contributed by atoms with E-state index in [1.807, 2.05) is 42.5 Å². The third kappa shape index (κ3) is 2.72. The van der Waals surface area contributed by atoms with E-state index in [-0.39, 0.29) is 5.91 Å². The summed E-state index contributed by atoms with van der Waals surface area (Å²) in [5.74, 6) is 1.00. The summed E-state index contributed by atoms with van der Waals surface area (Å²) in [6.07, 6.45) is 1.24. The largest absolute Gasteiger partial charge is 0.455 e. The summed E-state index contributed by atoms with van der Waals surface area (Å²) >= 11 is 0. The fourth-order valence-electron chi connectivity index (χ4n) is 2.03. The molecular weight excluding hydrogens is 264 g/mol. The van der Waals surface area contributed by atoms with Crippen molar-refractivity contribution in [2.24, 2.45) is 5.41 Å². The van der Waals surface area contributed by atoms with Crippen LogP contribution in [0, 0.1) is 16.7 Å². The first-order chi connectivity index (χ1) is 10.2. The highest BCUT2D eigenvalue weighted by molar-refractivity contribution is 6.00. The molecular formula is C17H14N2O2. The number of carbonyl (C=O) groups excluding carboxylic acids is 1. The molecule has 0 unspecified atom stereocenters. The minimum atomic E-state index is -0.847. The molecule has 4 heteroatoms. The summed E-state index contributed by atoms with van der Waals surface area (Å²) in [5.41, 5.74) is -0.271. The molecule has 1 amide bonds. The van der Waals surface area contributed by atoms with Crippen LogP contribution in [-0.4, -0.2) is 5.91 Å². The first-order valence-corrected chi connectivity index (χ1v) is 6.78. The third-order valence-electron chi connectivity index (χ3n) is 3.50. The molecule has 2 aromatic carbocycles. The maximum Gasteiger partial charge on any atom is 0.244 e. The molecule has 1 aliphatic rings. The molecule has 1 aliphatic carbocycles. The lowest BCUT2D eigenvalue weighted by Gasteiger charge is -2.13. The summed E-state index contributed by atoms with van der Waals surface area (Å²) < 4.78 is 5.78. The van der Waals surface area contributed by atoms with Gasteiger partial charge in [-0.1, -0.05) is 30.3 Å². The number of para-hydroxylation sites is 3. The van der Waals surface area contributed by atoms with E-state index in [9.17, 15) is 4.79 Å². The van der Waals surface area contributed by atoms with E-state index in [1.54, 1.807) is 12.1 Å². The molecule has 1 saturated carbocycles. The molecule has 0 heterocycles. The molecule has 0 aromatic heterocycles. The Labute approximate surface area is 123 Å². The van der Waals surface area contributed by atoms with Crippen LogP contribution in [0.2, 0.25) is 0 Å². The van der Waals surface area contributed by atoms with Gasteiger partial charge < -0.3 is 10.1 Å². The molecule has 1 fully saturated rings. The number of nitriles is 1. The minimum Gasteiger partial charge on any atom is -0.455 e. The lowest BCUT2D eigenvalue weighted by molar-refractivity contribution is -0.119. The van der Waals surface area contributed by atoms with Crippen molar-refractivity contribution in [2.75, 3.05) is 5.32 Å². The number of amides is 1. The van der Waals surface area contributed by atoms with Gasteiger partial charge in [0.2, 0.25) is 5.91 Å². The highest BCUT2D eigenvalue weighted by Gasteiger charge is 2.50. The summed E-state index contributed by atoms with van der Waals surface area (Å²) in [6.45, 7) is 0. The normalized spacial score (nSPS) is 14.8. The van der Waals surface area contributed by atoms with Crippen LogP contribution in [0.4, 0.5) is 5.69 Å². The van der Waals surface area contributed by atoms with Crippen molar-refractivity contribution in [3.05, 3.63) is 54.6 Å². The van der Waals surface area contributed by atoms with Crippen LogP contribution < -0.4 is 10.1 Å². The molecule has 0 aliphatic heterocycles. The van der Waals surface area contributed by atoms with Gasteiger partial charge in [0.05, 0.1) is 11.8 Å². The van der Waals surface area contributed by atoms with E-state index in [0.717, 1.165) is 0 Å². The van der Waals surface area contributed by atoms with E-state index in [4.69, 9.17) is 10.00 Å². The van der Waals surface area contributed by atoms with E-state index in [2.05, 4.69) is 11.4 Å². The summed E-state index contributed by atoms with van der Waals surface area (Å²) in [4.78, 5) is 12.1. The van der Waals surface area contributed by atoms with Crippen LogP contribution in [-0.2, 0) is 4.79 Å². The number of ether oxygens (including phenoxy) is 1. The predicted octanol–water partition coefficient (Wildman–Crippen LogP) is 3.72. The van der Waals surface area contributed by atoms with E-state index < -0.39 is 5.41 Å². The Morgan fingerprint density at radius 3 is 2.43 bits per heavy atom.